The third-order valence-electron chi connectivity index (χ3n) is 9.93. The lowest BCUT2D eigenvalue weighted by atomic mass is 9.75. The van der Waals surface area contributed by atoms with Crippen LogP contribution in [0.15, 0.2) is 158 Å². The summed E-state index contributed by atoms with van der Waals surface area (Å²) in [7, 11) is 0. The van der Waals surface area contributed by atoms with Gasteiger partial charge < -0.3 is 5.32 Å². The van der Waals surface area contributed by atoms with Crippen molar-refractivity contribution in [2.24, 2.45) is 0 Å². The van der Waals surface area contributed by atoms with Gasteiger partial charge in [-0.05, 0) is 76.8 Å². The van der Waals surface area contributed by atoms with E-state index in [4.69, 9.17) is 4.98 Å². The first-order valence-corrected chi connectivity index (χ1v) is 17.3. The minimum absolute atomic E-state index is 0.0504. The Labute approximate surface area is 280 Å². The molecule has 1 aromatic heterocycles. The van der Waals surface area contributed by atoms with E-state index < -0.39 is 0 Å². The molecule has 1 saturated carbocycles. The van der Waals surface area contributed by atoms with Gasteiger partial charge in [-0.25, -0.2) is 0 Å². The first-order valence-electron chi connectivity index (χ1n) is 17.3. The Morgan fingerprint density at radius 1 is 0.532 bits per heavy atom. The fourth-order valence-electron chi connectivity index (χ4n) is 7.64. The van der Waals surface area contributed by atoms with Gasteiger partial charge in [-0.15, -0.1) is 0 Å². The van der Waals surface area contributed by atoms with E-state index in [1.54, 1.807) is 0 Å². The van der Waals surface area contributed by atoms with Crippen LogP contribution in [0.25, 0.3) is 0 Å². The molecule has 234 valence electrons. The van der Waals surface area contributed by atoms with E-state index in [2.05, 4.69) is 158 Å². The van der Waals surface area contributed by atoms with Gasteiger partial charge in [0, 0.05) is 23.7 Å². The van der Waals surface area contributed by atoms with E-state index in [1.807, 2.05) is 12.3 Å². The second-order valence-corrected chi connectivity index (χ2v) is 13.0. The summed E-state index contributed by atoms with van der Waals surface area (Å²) in [6.45, 7) is 2.25. The molecule has 2 nitrogen and oxygen atoms in total. The summed E-state index contributed by atoms with van der Waals surface area (Å²) in [5, 5.41) is 4.10. The molecular formula is C45H44N2. The lowest BCUT2D eigenvalue weighted by Gasteiger charge is -2.33. The van der Waals surface area contributed by atoms with Crippen molar-refractivity contribution in [3.8, 4) is 0 Å². The van der Waals surface area contributed by atoms with Crippen LogP contribution in [0.2, 0.25) is 0 Å². The van der Waals surface area contributed by atoms with Crippen LogP contribution in [0.3, 0.4) is 0 Å². The van der Waals surface area contributed by atoms with Gasteiger partial charge in [0.25, 0.3) is 0 Å². The predicted octanol–water partition coefficient (Wildman–Crippen LogP) is 11.7. The maximum Gasteiger partial charge on any atom is 0.0657 e. The van der Waals surface area contributed by atoms with Gasteiger partial charge in [0.2, 0.25) is 0 Å². The van der Waals surface area contributed by atoms with E-state index in [0.717, 1.165) is 5.69 Å². The number of anilines is 1. The molecule has 47 heavy (non-hydrogen) atoms. The van der Waals surface area contributed by atoms with Crippen molar-refractivity contribution < 1.29 is 0 Å². The minimum atomic E-state index is 0.0504. The van der Waals surface area contributed by atoms with Crippen LogP contribution < -0.4 is 5.32 Å². The largest absolute Gasteiger partial charge is 0.376 e. The first-order chi connectivity index (χ1) is 23.3. The van der Waals surface area contributed by atoms with Crippen LogP contribution in [-0.4, -0.2) is 4.98 Å². The second kappa shape index (κ2) is 14.6. The highest BCUT2D eigenvalue weighted by atomic mass is 14.9. The standard InChI is InChI=1S/C45H44N2/c1-33(42-29-17-18-30-46-42)47-45-40(34-19-7-2-8-20-34)31-39(43(35-21-9-3-10-22-35)36-23-11-4-12-24-36)32-41(45)44(37-25-13-5-14-26-37)38-27-15-6-16-28-38/h3-6,9-18,21-34,43-44,47H,2,7-8,19-20H2,1H3. The van der Waals surface area contributed by atoms with Crippen molar-refractivity contribution in [1.29, 1.82) is 0 Å². The first kappa shape index (κ1) is 30.7. The maximum atomic E-state index is 4.77. The molecule has 2 heteroatoms. The Morgan fingerprint density at radius 2 is 1.02 bits per heavy atom. The highest BCUT2D eigenvalue weighted by Gasteiger charge is 2.30. The van der Waals surface area contributed by atoms with Crippen LogP contribution in [0.5, 0.6) is 0 Å². The number of aromatic nitrogens is 1. The zero-order valence-corrected chi connectivity index (χ0v) is 27.3. The van der Waals surface area contributed by atoms with Gasteiger partial charge >= 0.3 is 0 Å². The Morgan fingerprint density at radius 3 is 1.51 bits per heavy atom. The molecule has 0 radical (unpaired) electrons. The maximum absolute atomic E-state index is 4.77. The highest BCUT2D eigenvalue weighted by Crippen LogP contribution is 2.47. The molecule has 1 aliphatic carbocycles. The van der Waals surface area contributed by atoms with Crippen LogP contribution in [-0.2, 0) is 0 Å². The van der Waals surface area contributed by atoms with Gasteiger partial charge in [-0.3, -0.25) is 4.98 Å². The third-order valence-corrected chi connectivity index (χ3v) is 9.93. The number of hydrogen-bond donors (Lipinski definition) is 1. The molecule has 0 bridgehead atoms. The second-order valence-electron chi connectivity index (χ2n) is 13.0. The molecule has 0 spiro atoms. The molecule has 7 rings (SSSR count). The van der Waals surface area contributed by atoms with Crippen molar-refractivity contribution in [3.05, 3.63) is 202 Å². The lowest BCUT2D eigenvalue weighted by molar-refractivity contribution is 0.443. The molecule has 6 aromatic rings. The normalized spacial score (nSPS) is 14.3. The molecule has 1 aliphatic rings. The van der Waals surface area contributed by atoms with E-state index in [-0.39, 0.29) is 17.9 Å². The average molecular weight is 613 g/mol. The molecule has 0 amide bonds. The van der Waals surface area contributed by atoms with Crippen molar-refractivity contribution in [2.75, 3.05) is 5.32 Å². The summed E-state index contributed by atoms with van der Waals surface area (Å²) in [6.07, 6.45) is 8.22. The Hall–Kier alpha value is -4.95. The Kier molecular flexibility index (Phi) is 9.56. The van der Waals surface area contributed by atoms with Gasteiger partial charge in [0.05, 0.1) is 11.7 Å². The van der Waals surface area contributed by atoms with Crippen molar-refractivity contribution in [1.82, 2.24) is 4.98 Å². The number of rotatable bonds is 10. The molecule has 1 fully saturated rings. The van der Waals surface area contributed by atoms with Crippen LogP contribution in [0.4, 0.5) is 5.69 Å². The number of nitrogens with one attached hydrogen (secondary N) is 1. The van der Waals surface area contributed by atoms with Gasteiger partial charge in [0.1, 0.15) is 0 Å². The molecule has 1 N–H and O–H groups in total. The quantitative estimate of drug-likeness (QED) is 0.156. The molecule has 1 atom stereocenters. The molecule has 0 aliphatic heterocycles. The number of pyridine rings is 1. The smallest absolute Gasteiger partial charge is 0.0657 e. The fourth-order valence-corrected chi connectivity index (χ4v) is 7.64. The summed E-state index contributed by atoms with van der Waals surface area (Å²) in [5.74, 6) is 0.679. The average Bonchev–Trinajstić information content (AvgIpc) is 3.15. The van der Waals surface area contributed by atoms with Crippen molar-refractivity contribution in [2.45, 2.75) is 62.8 Å². The van der Waals surface area contributed by atoms with Crippen molar-refractivity contribution >= 4 is 5.69 Å². The van der Waals surface area contributed by atoms with Crippen molar-refractivity contribution in [3.63, 3.8) is 0 Å². The zero-order valence-electron chi connectivity index (χ0n) is 27.3. The van der Waals surface area contributed by atoms with E-state index in [1.165, 1.54) is 76.7 Å². The van der Waals surface area contributed by atoms with Gasteiger partial charge in [-0.1, -0.05) is 159 Å². The molecule has 1 unspecified atom stereocenters. The molecular weight excluding hydrogens is 569 g/mol. The van der Waals surface area contributed by atoms with Crippen LogP contribution in [0.1, 0.15) is 107 Å². The Balaban J connectivity index is 1.52. The number of hydrogen-bond acceptors (Lipinski definition) is 2. The van der Waals surface area contributed by atoms with E-state index >= 15 is 0 Å². The summed E-state index contributed by atoms with van der Waals surface area (Å²) >= 11 is 0. The predicted molar refractivity (Wildman–Crippen MR) is 196 cm³/mol. The third kappa shape index (κ3) is 6.93. The molecule has 5 aromatic carbocycles. The van der Waals surface area contributed by atoms with Crippen LogP contribution >= 0.6 is 0 Å². The number of nitrogens with zero attached hydrogens (tertiary/aromatic N) is 1. The fraction of sp³-hybridized carbons (Fsp3) is 0.222. The SMILES string of the molecule is CC(Nc1c(C2CCCCC2)cc(C(c2ccccc2)c2ccccc2)cc1C(c1ccccc1)c1ccccc1)c1ccccn1. The van der Waals surface area contributed by atoms with E-state index in [9.17, 15) is 0 Å². The lowest BCUT2D eigenvalue weighted by Crippen LogP contribution is -2.18. The van der Waals surface area contributed by atoms with E-state index in [0.29, 0.717) is 5.92 Å². The van der Waals surface area contributed by atoms with Gasteiger partial charge in [-0.2, -0.15) is 0 Å². The van der Waals surface area contributed by atoms with Gasteiger partial charge in [0.15, 0.2) is 0 Å². The molecule has 1 heterocycles. The van der Waals surface area contributed by atoms with Crippen LogP contribution in [0, 0.1) is 0 Å². The zero-order chi connectivity index (χ0) is 31.8. The minimum Gasteiger partial charge on any atom is -0.376 e. The monoisotopic (exact) mass is 612 g/mol. The summed E-state index contributed by atoms with van der Waals surface area (Å²) < 4.78 is 0. The topological polar surface area (TPSA) is 24.9 Å². The Bertz CT molecular complexity index is 1750. The number of benzene rings is 5. The molecule has 0 saturated heterocycles. The highest BCUT2D eigenvalue weighted by molar-refractivity contribution is 5.67. The summed E-state index contributed by atoms with van der Waals surface area (Å²) in [5.41, 5.74) is 11.7. The summed E-state index contributed by atoms with van der Waals surface area (Å²) in [6, 6.07) is 55.6. The summed E-state index contributed by atoms with van der Waals surface area (Å²) in [4.78, 5) is 4.77.